The molecular formula is C13H15BrN2S. The van der Waals surface area contributed by atoms with Crippen molar-refractivity contribution >= 4 is 32.4 Å². The molecule has 17 heavy (non-hydrogen) atoms. The Kier molecular flexibility index (Phi) is 3.84. The fourth-order valence-electron chi connectivity index (χ4n) is 1.75. The summed E-state index contributed by atoms with van der Waals surface area (Å²) in [5.41, 5.74) is 8.22. The predicted molar refractivity (Wildman–Crippen MR) is 77.6 cm³/mol. The number of aromatic nitrogens is 1. The summed E-state index contributed by atoms with van der Waals surface area (Å²) in [6, 6.07) is 8.39. The normalized spacial score (nSPS) is 11.1. The fraction of sp³-hybridized carbons (Fsp3) is 0.308. The second-order valence-electron chi connectivity index (χ2n) is 4.32. The summed E-state index contributed by atoms with van der Waals surface area (Å²) < 4.78 is 1.11. The zero-order valence-corrected chi connectivity index (χ0v) is 12.3. The van der Waals surface area contributed by atoms with Crippen molar-refractivity contribution in [3.05, 3.63) is 44.9 Å². The number of nitrogen functional groups attached to an aromatic ring is 1. The van der Waals surface area contributed by atoms with Crippen molar-refractivity contribution in [1.82, 2.24) is 4.98 Å². The maximum absolute atomic E-state index is 5.79. The number of anilines is 1. The van der Waals surface area contributed by atoms with Crippen molar-refractivity contribution in [3.8, 4) is 0 Å². The third-order valence-corrected chi connectivity index (χ3v) is 4.00. The van der Waals surface area contributed by atoms with Crippen LogP contribution in [0.5, 0.6) is 0 Å². The molecular weight excluding hydrogens is 296 g/mol. The van der Waals surface area contributed by atoms with Gasteiger partial charge in [-0.05, 0) is 23.6 Å². The summed E-state index contributed by atoms with van der Waals surface area (Å²) in [5, 5.41) is 0.667. The second kappa shape index (κ2) is 5.19. The van der Waals surface area contributed by atoms with E-state index in [-0.39, 0.29) is 0 Å². The lowest BCUT2D eigenvalue weighted by Crippen LogP contribution is -1.95. The minimum absolute atomic E-state index is 0.425. The minimum atomic E-state index is 0.425. The number of hydrogen-bond acceptors (Lipinski definition) is 3. The van der Waals surface area contributed by atoms with Crippen LogP contribution >= 0.6 is 27.3 Å². The molecule has 0 aliphatic heterocycles. The van der Waals surface area contributed by atoms with Gasteiger partial charge in [-0.25, -0.2) is 4.98 Å². The van der Waals surface area contributed by atoms with Gasteiger partial charge in [0.2, 0.25) is 0 Å². The summed E-state index contributed by atoms with van der Waals surface area (Å²) >= 11 is 5.04. The Balaban J connectivity index is 2.26. The zero-order chi connectivity index (χ0) is 12.4. The van der Waals surface area contributed by atoms with Crippen LogP contribution in [0.1, 0.15) is 35.9 Å². The molecule has 0 aliphatic carbocycles. The van der Waals surface area contributed by atoms with Gasteiger partial charge in [-0.15, -0.1) is 11.3 Å². The molecule has 0 saturated carbocycles. The number of nitrogens with zero attached hydrogens (tertiary/aromatic N) is 1. The molecule has 0 fully saturated rings. The molecule has 0 bridgehead atoms. The quantitative estimate of drug-likeness (QED) is 0.922. The highest BCUT2D eigenvalue weighted by Crippen LogP contribution is 2.28. The third kappa shape index (κ3) is 3.07. The first-order chi connectivity index (χ1) is 8.06. The Morgan fingerprint density at radius 1 is 1.29 bits per heavy atom. The molecule has 0 spiro atoms. The van der Waals surface area contributed by atoms with Crippen LogP contribution in [0.25, 0.3) is 0 Å². The number of rotatable bonds is 3. The van der Waals surface area contributed by atoms with Crippen molar-refractivity contribution in [2.45, 2.75) is 26.2 Å². The summed E-state index contributed by atoms with van der Waals surface area (Å²) in [5.74, 6) is 0.425. The van der Waals surface area contributed by atoms with Gasteiger partial charge >= 0.3 is 0 Å². The molecule has 2 aromatic rings. The summed E-state index contributed by atoms with van der Waals surface area (Å²) in [6.07, 6.45) is 0.912. The van der Waals surface area contributed by atoms with Gasteiger partial charge in [0.1, 0.15) is 0 Å². The summed E-state index contributed by atoms with van der Waals surface area (Å²) in [4.78, 5) is 5.69. The standard InChI is InChI=1S/C13H15BrN2S/c1-8(2)12-11(17-13(15)16-12)7-9-3-5-10(14)6-4-9/h3-6,8H,7H2,1-2H3,(H2,15,16). The van der Waals surface area contributed by atoms with Crippen LogP contribution in [0.3, 0.4) is 0 Å². The lowest BCUT2D eigenvalue weighted by molar-refractivity contribution is 0.820. The van der Waals surface area contributed by atoms with Crippen LogP contribution in [0.2, 0.25) is 0 Å². The van der Waals surface area contributed by atoms with E-state index in [1.807, 2.05) is 0 Å². The molecule has 0 aliphatic rings. The average molecular weight is 311 g/mol. The second-order valence-corrected chi connectivity index (χ2v) is 6.35. The average Bonchev–Trinajstić information content (AvgIpc) is 2.63. The lowest BCUT2D eigenvalue weighted by Gasteiger charge is -2.05. The highest BCUT2D eigenvalue weighted by atomic mass is 79.9. The van der Waals surface area contributed by atoms with Crippen molar-refractivity contribution in [2.75, 3.05) is 5.73 Å². The molecule has 90 valence electrons. The number of hydrogen-bond donors (Lipinski definition) is 1. The molecule has 0 atom stereocenters. The predicted octanol–water partition coefficient (Wildman–Crippen LogP) is 4.20. The smallest absolute Gasteiger partial charge is 0.180 e. The van der Waals surface area contributed by atoms with E-state index in [1.54, 1.807) is 11.3 Å². The van der Waals surface area contributed by atoms with Crippen LogP contribution < -0.4 is 5.73 Å². The van der Waals surface area contributed by atoms with Crippen LogP contribution in [-0.4, -0.2) is 4.98 Å². The van der Waals surface area contributed by atoms with Crippen molar-refractivity contribution in [2.24, 2.45) is 0 Å². The maximum Gasteiger partial charge on any atom is 0.180 e. The van der Waals surface area contributed by atoms with E-state index in [2.05, 4.69) is 59.0 Å². The largest absolute Gasteiger partial charge is 0.375 e. The van der Waals surface area contributed by atoms with Gasteiger partial charge in [0.15, 0.2) is 5.13 Å². The molecule has 1 aromatic carbocycles. The van der Waals surface area contributed by atoms with E-state index in [4.69, 9.17) is 5.73 Å². The van der Waals surface area contributed by atoms with E-state index in [0.717, 1.165) is 16.6 Å². The van der Waals surface area contributed by atoms with E-state index in [9.17, 15) is 0 Å². The number of thiazole rings is 1. The molecule has 2 rings (SSSR count). The number of nitrogens with two attached hydrogens (primary N) is 1. The van der Waals surface area contributed by atoms with E-state index >= 15 is 0 Å². The molecule has 0 saturated heterocycles. The van der Waals surface area contributed by atoms with Crippen LogP contribution in [0.15, 0.2) is 28.7 Å². The van der Waals surface area contributed by atoms with Gasteiger partial charge in [-0.3, -0.25) is 0 Å². The molecule has 1 aromatic heterocycles. The van der Waals surface area contributed by atoms with Crippen molar-refractivity contribution < 1.29 is 0 Å². The van der Waals surface area contributed by atoms with Crippen LogP contribution in [-0.2, 0) is 6.42 Å². The lowest BCUT2D eigenvalue weighted by atomic mass is 10.1. The Morgan fingerprint density at radius 2 is 1.94 bits per heavy atom. The maximum atomic E-state index is 5.79. The first-order valence-electron chi connectivity index (χ1n) is 5.55. The van der Waals surface area contributed by atoms with E-state index in [1.165, 1.54) is 10.4 Å². The van der Waals surface area contributed by atoms with Gasteiger partial charge < -0.3 is 5.73 Å². The minimum Gasteiger partial charge on any atom is -0.375 e. The number of halogens is 1. The molecule has 2 nitrogen and oxygen atoms in total. The highest BCUT2D eigenvalue weighted by Gasteiger charge is 2.13. The monoisotopic (exact) mass is 310 g/mol. The molecule has 0 radical (unpaired) electrons. The topological polar surface area (TPSA) is 38.9 Å². The Morgan fingerprint density at radius 3 is 2.53 bits per heavy atom. The van der Waals surface area contributed by atoms with Gasteiger partial charge in [0, 0.05) is 15.8 Å². The van der Waals surface area contributed by atoms with Gasteiger partial charge in [0.05, 0.1) is 5.69 Å². The van der Waals surface area contributed by atoms with Gasteiger partial charge in [-0.1, -0.05) is 41.9 Å². The Labute approximate surface area is 114 Å². The number of benzene rings is 1. The van der Waals surface area contributed by atoms with Gasteiger partial charge in [0.25, 0.3) is 0 Å². The Bertz CT molecular complexity index is 503. The zero-order valence-electron chi connectivity index (χ0n) is 9.90. The summed E-state index contributed by atoms with van der Waals surface area (Å²) in [6.45, 7) is 4.30. The van der Waals surface area contributed by atoms with Gasteiger partial charge in [-0.2, -0.15) is 0 Å². The molecule has 1 heterocycles. The molecule has 4 heteroatoms. The highest BCUT2D eigenvalue weighted by molar-refractivity contribution is 9.10. The van der Waals surface area contributed by atoms with E-state index in [0.29, 0.717) is 11.0 Å². The third-order valence-electron chi connectivity index (χ3n) is 2.57. The van der Waals surface area contributed by atoms with E-state index < -0.39 is 0 Å². The molecule has 0 amide bonds. The van der Waals surface area contributed by atoms with Crippen molar-refractivity contribution in [1.29, 1.82) is 0 Å². The van der Waals surface area contributed by atoms with Crippen LogP contribution in [0.4, 0.5) is 5.13 Å². The first kappa shape index (κ1) is 12.6. The SMILES string of the molecule is CC(C)c1nc(N)sc1Cc1ccc(Br)cc1. The molecule has 0 unspecified atom stereocenters. The molecule has 2 N–H and O–H groups in total. The van der Waals surface area contributed by atoms with Crippen LogP contribution in [0, 0.1) is 0 Å². The fourth-order valence-corrected chi connectivity index (χ4v) is 3.03. The first-order valence-corrected chi connectivity index (χ1v) is 7.16. The van der Waals surface area contributed by atoms with Crippen molar-refractivity contribution in [3.63, 3.8) is 0 Å². The summed E-state index contributed by atoms with van der Waals surface area (Å²) in [7, 11) is 0. The Hall–Kier alpha value is -0.870.